The second kappa shape index (κ2) is 2.67. The van der Waals surface area contributed by atoms with E-state index in [0.717, 1.165) is 13.4 Å². The molecule has 0 bridgehead atoms. The molecule has 0 spiro atoms. The molecule has 0 aliphatic heterocycles. The van der Waals surface area contributed by atoms with Crippen LogP contribution in [0, 0.1) is 0 Å². The highest BCUT2D eigenvalue weighted by Crippen LogP contribution is 2.34. The average molecular weight is 197 g/mol. The van der Waals surface area contributed by atoms with Crippen LogP contribution in [0.2, 0.25) is 0 Å². The second-order valence-electron chi connectivity index (χ2n) is 2.38. The smallest absolute Gasteiger partial charge is 0.353 e. The van der Waals surface area contributed by atoms with Crippen molar-refractivity contribution in [2.45, 2.75) is 12.0 Å². The molecule has 0 atom stereocenters. The van der Waals surface area contributed by atoms with Gasteiger partial charge in [0.1, 0.15) is 6.33 Å². The van der Waals surface area contributed by atoms with Crippen LogP contribution >= 0.6 is 0 Å². The van der Waals surface area contributed by atoms with Gasteiger partial charge in [-0.3, -0.25) is 0 Å². The Labute approximate surface area is 70.4 Å². The summed E-state index contributed by atoms with van der Waals surface area (Å²) in [6.07, 6.45) is -4.41. The van der Waals surface area contributed by atoms with Gasteiger partial charge in [0.05, 0.1) is 0 Å². The Kier molecular flexibility index (Phi) is 2.04. The summed E-state index contributed by atoms with van der Waals surface area (Å²) in [5.41, 5.74) is 0. The standard InChI is InChI=1S/C5H6F3N3O2/c1-11-3(9-2-10-11)4(12,13)5(6,7)8/h2,12-13H,1H3. The van der Waals surface area contributed by atoms with Crippen molar-refractivity contribution in [3.8, 4) is 0 Å². The number of aryl methyl sites for hydroxylation is 1. The van der Waals surface area contributed by atoms with E-state index in [2.05, 4.69) is 10.1 Å². The van der Waals surface area contributed by atoms with Gasteiger partial charge >= 0.3 is 12.0 Å². The van der Waals surface area contributed by atoms with Crippen molar-refractivity contribution in [2.24, 2.45) is 7.05 Å². The minimum Gasteiger partial charge on any atom is -0.353 e. The molecule has 13 heavy (non-hydrogen) atoms. The van der Waals surface area contributed by atoms with E-state index in [0.29, 0.717) is 4.68 Å². The van der Waals surface area contributed by atoms with Crippen LogP contribution in [-0.4, -0.2) is 31.2 Å². The van der Waals surface area contributed by atoms with E-state index >= 15 is 0 Å². The molecule has 1 rings (SSSR count). The van der Waals surface area contributed by atoms with Crippen LogP contribution in [0.3, 0.4) is 0 Å². The van der Waals surface area contributed by atoms with Gasteiger partial charge < -0.3 is 10.2 Å². The van der Waals surface area contributed by atoms with Gasteiger partial charge in [0.2, 0.25) is 0 Å². The Hall–Kier alpha value is -1.15. The molecule has 0 amide bonds. The topological polar surface area (TPSA) is 71.2 Å². The predicted molar refractivity (Wildman–Crippen MR) is 33.2 cm³/mol. The quantitative estimate of drug-likeness (QED) is 0.596. The monoisotopic (exact) mass is 197 g/mol. The maximum atomic E-state index is 12.0. The summed E-state index contributed by atoms with van der Waals surface area (Å²) >= 11 is 0. The molecule has 0 unspecified atom stereocenters. The normalized spacial score (nSPS) is 13.4. The Bertz CT molecular complexity index is 306. The molecule has 1 heterocycles. The molecule has 0 fully saturated rings. The van der Waals surface area contributed by atoms with Gasteiger partial charge in [-0.2, -0.15) is 18.3 Å². The van der Waals surface area contributed by atoms with E-state index < -0.39 is 17.8 Å². The van der Waals surface area contributed by atoms with E-state index in [-0.39, 0.29) is 0 Å². The van der Waals surface area contributed by atoms with E-state index in [9.17, 15) is 13.2 Å². The fourth-order valence-corrected chi connectivity index (χ4v) is 0.739. The van der Waals surface area contributed by atoms with E-state index in [4.69, 9.17) is 10.2 Å². The zero-order valence-corrected chi connectivity index (χ0v) is 6.45. The lowest BCUT2D eigenvalue weighted by molar-refractivity contribution is -0.362. The van der Waals surface area contributed by atoms with Gasteiger partial charge in [-0.15, -0.1) is 0 Å². The molecule has 5 nitrogen and oxygen atoms in total. The number of rotatable bonds is 1. The van der Waals surface area contributed by atoms with Crippen LogP contribution in [0.15, 0.2) is 6.33 Å². The summed E-state index contributed by atoms with van der Waals surface area (Å²) in [5.74, 6) is -4.93. The van der Waals surface area contributed by atoms with Gasteiger partial charge in [0, 0.05) is 7.05 Å². The van der Waals surface area contributed by atoms with Gasteiger partial charge in [-0.25, -0.2) is 9.67 Å². The second-order valence-corrected chi connectivity index (χ2v) is 2.38. The first-order chi connectivity index (χ1) is 5.77. The molecule has 74 valence electrons. The summed E-state index contributed by atoms with van der Waals surface area (Å²) < 4.78 is 36.6. The number of aliphatic hydroxyl groups is 2. The fourth-order valence-electron chi connectivity index (χ4n) is 0.739. The summed E-state index contributed by atoms with van der Waals surface area (Å²) in [6.45, 7) is 0. The first-order valence-electron chi connectivity index (χ1n) is 3.12. The summed E-state index contributed by atoms with van der Waals surface area (Å²) in [6, 6.07) is 0. The van der Waals surface area contributed by atoms with Gasteiger partial charge in [0.15, 0.2) is 5.82 Å². The molecule has 0 saturated heterocycles. The van der Waals surface area contributed by atoms with Crippen molar-refractivity contribution in [3.63, 3.8) is 0 Å². The number of hydrogen-bond donors (Lipinski definition) is 2. The van der Waals surface area contributed by atoms with Crippen LogP contribution in [-0.2, 0) is 12.8 Å². The lowest BCUT2D eigenvalue weighted by Crippen LogP contribution is -2.44. The third-order valence-corrected chi connectivity index (χ3v) is 1.42. The van der Waals surface area contributed by atoms with Crippen LogP contribution in [0.5, 0.6) is 0 Å². The van der Waals surface area contributed by atoms with Gasteiger partial charge in [-0.1, -0.05) is 0 Å². The van der Waals surface area contributed by atoms with Crippen molar-refractivity contribution in [1.29, 1.82) is 0 Å². The first-order valence-corrected chi connectivity index (χ1v) is 3.12. The molecule has 8 heteroatoms. The van der Waals surface area contributed by atoms with Crippen molar-refractivity contribution in [3.05, 3.63) is 12.2 Å². The molecular formula is C5H6F3N3O2. The molecule has 0 radical (unpaired) electrons. The minimum atomic E-state index is -5.20. The number of aromatic nitrogens is 3. The van der Waals surface area contributed by atoms with Crippen LogP contribution in [0.1, 0.15) is 5.82 Å². The van der Waals surface area contributed by atoms with Gasteiger partial charge in [-0.05, 0) is 0 Å². The molecule has 0 aromatic carbocycles. The zero-order chi connectivity index (χ0) is 10.3. The van der Waals surface area contributed by atoms with Gasteiger partial charge in [0.25, 0.3) is 0 Å². The summed E-state index contributed by atoms with van der Waals surface area (Å²) in [4.78, 5) is 3.09. The van der Waals surface area contributed by atoms with Crippen molar-refractivity contribution >= 4 is 0 Å². The minimum absolute atomic E-state index is 0.632. The van der Waals surface area contributed by atoms with Crippen molar-refractivity contribution < 1.29 is 23.4 Å². The molecule has 0 aliphatic carbocycles. The molecule has 1 aromatic rings. The highest BCUT2D eigenvalue weighted by Gasteiger charge is 2.57. The summed E-state index contributed by atoms with van der Waals surface area (Å²) in [5, 5.41) is 20.7. The maximum Gasteiger partial charge on any atom is 0.451 e. The van der Waals surface area contributed by atoms with Crippen LogP contribution < -0.4 is 0 Å². The van der Waals surface area contributed by atoms with Crippen molar-refractivity contribution in [2.75, 3.05) is 0 Å². The Balaban J connectivity index is 3.15. The number of hydrogen-bond acceptors (Lipinski definition) is 4. The van der Waals surface area contributed by atoms with E-state index in [1.807, 2.05) is 0 Å². The Morgan fingerprint density at radius 1 is 1.38 bits per heavy atom. The third kappa shape index (κ3) is 1.49. The SMILES string of the molecule is Cn1ncnc1C(O)(O)C(F)(F)F. The van der Waals surface area contributed by atoms with Crippen LogP contribution in [0.4, 0.5) is 13.2 Å². The van der Waals surface area contributed by atoms with Crippen LogP contribution in [0.25, 0.3) is 0 Å². The Morgan fingerprint density at radius 3 is 2.23 bits per heavy atom. The predicted octanol–water partition coefficient (Wildman–Crippen LogP) is -0.485. The highest BCUT2D eigenvalue weighted by atomic mass is 19.4. The highest BCUT2D eigenvalue weighted by molar-refractivity contribution is 4.98. The fraction of sp³-hybridized carbons (Fsp3) is 0.600. The van der Waals surface area contributed by atoms with Crippen molar-refractivity contribution in [1.82, 2.24) is 14.8 Å². The summed E-state index contributed by atoms with van der Waals surface area (Å²) in [7, 11) is 1.12. The first kappa shape index (κ1) is 9.93. The number of alkyl halides is 3. The lowest BCUT2D eigenvalue weighted by atomic mass is 10.2. The lowest BCUT2D eigenvalue weighted by Gasteiger charge is -2.22. The average Bonchev–Trinajstić information content (AvgIpc) is 2.32. The molecule has 1 aromatic heterocycles. The Morgan fingerprint density at radius 2 is 1.92 bits per heavy atom. The molecule has 0 saturated carbocycles. The maximum absolute atomic E-state index is 12.0. The molecule has 0 aliphatic rings. The largest absolute Gasteiger partial charge is 0.451 e. The zero-order valence-electron chi connectivity index (χ0n) is 6.45. The van der Waals surface area contributed by atoms with E-state index in [1.165, 1.54) is 0 Å². The number of nitrogens with zero attached hydrogens (tertiary/aromatic N) is 3. The van der Waals surface area contributed by atoms with E-state index in [1.54, 1.807) is 0 Å². The molecular weight excluding hydrogens is 191 g/mol. The third-order valence-electron chi connectivity index (χ3n) is 1.42. The number of halogens is 3. The molecule has 2 N–H and O–H groups in total.